The number of ether oxygens (including phenoxy) is 4. The number of benzene rings is 2. The number of esters is 2. The Morgan fingerprint density at radius 3 is 2.47 bits per heavy atom. The number of aromatic nitrogens is 1. The zero-order valence-corrected chi connectivity index (χ0v) is 20.1. The van der Waals surface area contributed by atoms with Gasteiger partial charge in [-0.1, -0.05) is 42.5 Å². The molecule has 0 N–H and O–H groups in total. The maximum Gasteiger partial charge on any atom is 0.421 e. The van der Waals surface area contributed by atoms with Crippen molar-refractivity contribution < 1.29 is 28.5 Å². The summed E-state index contributed by atoms with van der Waals surface area (Å²) in [4.78, 5) is 30.3. The zero-order chi connectivity index (χ0) is 25.0. The molecule has 186 valence electrons. The van der Waals surface area contributed by atoms with E-state index in [2.05, 4.69) is 11.1 Å². The van der Waals surface area contributed by atoms with Gasteiger partial charge in [-0.25, -0.2) is 19.5 Å². The third-order valence-electron chi connectivity index (χ3n) is 6.68. The lowest BCUT2D eigenvalue weighted by molar-refractivity contribution is -0.274. The molecule has 8 heteroatoms. The Labute approximate surface area is 209 Å². The molecule has 8 nitrogen and oxygen atoms in total. The molecule has 2 aliphatic rings. The van der Waals surface area contributed by atoms with Crippen LogP contribution >= 0.6 is 0 Å². The number of methoxy groups -OCH3 is 1. The first-order valence-electron chi connectivity index (χ1n) is 12.1. The lowest BCUT2D eigenvalue weighted by Crippen LogP contribution is -2.54. The molecule has 2 saturated heterocycles. The number of nitrogens with zero attached hydrogens (tertiary/aromatic N) is 2. The van der Waals surface area contributed by atoms with Crippen LogP contribution in [0.4, 0.5) is 0 Å². The minimum absolute atomic E-state index is 0.181. The van der Waals surface area contributed by atoms with E-state index in [1.165, 1.54) is 0 Å². The molecular formula is C28H28N2O6. The minimum atomic E-state index is -1.42. The molecule has 3 heterocycles. The van der Waals surface area contributed by atoms with Crippen LogP contribution in [0.15, 0.2) is 72.9 Å². The van der Waals surface area contributed by atoms with Crippen LogP contribution < -0.4 is 9.47 Å². The summed E-state index contributed by atoms with van der Waals surface area (Å²) in [6.45, 7) is 0.962. The summed E-state index contributed by atoms with van der Waals surface area (Å²) in [5.41, 5.74) is 1.92. The summed E-state index contributed by atoms with van der Waals surface area (Å²) in [7, 11) is 1.56. The average molecular weight is 489 g/mol. The van der Waals surface area contributed by atoms with Crippen molar-refractivity contribution in [3.63, 3.8) is 0 Å². The number of rotatable bonds is 8. The highest BCUT2D eigenvalue weighted by Crippen LogP contribution is 2.41. The fourth-order valence-corrected chi connectivity index (χ4v) is 4.88. The summed E-state index contributed by atoms with van der Waals surface area (Å²) < 4.78 is 22.6. The zero-order valence-electron chi connectivity index (χ0n) is 20.1. The molecular weight excluding hydrogens is 460 g/mol. The van der Waals surface area contributed by atoms with E-state index in [1.54, 1.807) is 13.3 Å². The van der Waals surface area contributed by atoms with Gasteiger partial charge in [-0.15, -0.1) is 0 Å². The van der Waals surface area contributed by atoms with Crippen LogP contribution in [0, 0.1) is 5.92 Å². The molecule has 2 aromatic carbocycles. The SMILES string of the molecule is COc1ncccc1CN1CCC(CCc2ccccc2Oc2ccccc2)CC12OC(=O)C(=O)O2. The normalized spacial score (nSPS) is 19.1. The topological polar surface area (TPSA) is 87.2 Å². The summed E-state index contributed by atoms with van der Waals surface area (Å²) >= 11 is 0. The van der Waals surface area contributed by atoms with E-state index in [0.29, 0.717) is 25.4 Å². The van der Waals surface area contributed by atoms with Crippen LogP contribution in [0.3, 0.4) is 0 Å². The van der Waals surface area contributed by atoms with Crippen LogP contribution in [0.2, 0.25) is 0 Å². The number of likely N-dealkylation sites (tertiary alicyclic amines) is 1. The van der Waals surface area contributed by atoms with E-state index < -0.39 is 17.8 Å². The van der Waals surface area contributed by atoms with Gasteiger partial charge in [0.1, 0.15) is 11.5 Å². The molecule has 3 aromatic rings. The van der Waals surface area contributed by atoms with Crippen molar-refractivity contribution in [1.82, 2.24) is 9.88 Å². The summed E-state index contributed by atoms with van der Waals surface area (Å²) in [5.74, 6) is -1.06. The largest absolute Gasteiger partial charge is 0.481 e. The van der Waals surface area contributed by atoms with Gasteiger partial charge in [0.15, 0.2) is 0 Å². The molecule has 0 amide bonds. The van der Waals surface area contributed by atoms with Gasteiger partial charge in [0.25, 0.3) is 0 Å². The number of piperidine rings is 1. The molecule has 2 aliphatic heterocycles. The lowest BCUT2D eigenvalue weighted by atomic mass is 9.88. The number of aryl methyl sites for hydroxylation is 1. The van der Waals surface area contributed by atoms with Gasteiger partial charge in [-0.3, -0.25) is 0 Å². The minimum Gasteiger partial charge on any atom is -0.481 e. The third kappa shape index (κ3) is 5.04. The van der Waals surface area contributed by atoms with Gasteiger partial charge >= 0.3 is 17.8 Å². The fourth-order valence-electron chi connectivity index (χ4n) is 4.88. The molecule has 1 atom stereocenters. The molecule has 0 aliphatic carbocycles. The van der Waals surface area contributed by atoms with E-state index >= 15 is 0 Å². The second kappa shape index (κ2) is 10.4. The molecule has 36 heavy (non-hydrogen) atoms. The van der Waals surface area contributed by atoms with Crippen LogP contribution in [-0.4, -0.2) is 41.4 Å². The summed E-state index contributed by atoms with van der Waals surface area (Å²) in [6.07, 6.45) is 4.52. The second-order valence-electron chi connectivity index (χ2n) is 9.01. The molecule has 2 fully saturated rings. The van der Waals surface area contributed by atoms with Gasteiger partial charge < -0.3 is 18.9 Å². The number of carbonyl (C=O) groups excluding carboxylic acids is 2. The Kier molecular flexibility index (Phi) is 6.86. The van der Waals surface area contributed by atoms with E-state index in [4.69, 9.17) is 18.9 Å². The predicted octanol–water partition coefficient (Wildman–Crippen LogP) is 4.48. The van der Waals surface area contributed by atoms with Gasteiger partial charge in [-0.2, -0.15) is 0 Å². The molecule has 0 saturated carbocycles. The molecule has 1 unspecified atom stereocenters. The first-order chi connectivity index (χ1) is 17.6. The van der Waals surface area contributed by atoms with Gasteiger partial charge in [0.05, 0.1) is 7.11 Å². The van der Waals surface area contributed by atoms with Gasteiger partial charge in [0, 0.05) is 31.3 Å². The summed E-state index contributed by atoms with van der Waals surface area (Å²) in [5, 5.41) is 0. The van der Waals surface area contributed by atoms with Crippen molar-refractivity contribution in [1.29, 1.82) is 0 Å². The highest BCUT2D eigenvalue weighted by molar-refractivity contribution is 6.31. The molecule has 5 rings (SSSR count). The Hall–Kier alpha value is -3.91. The quantitative estimate of drug-likeness (QED) is 0.339. The molecule has 1 spiro atoms. The second-order valence-corrected chi connectivity index (χ2v) is 9.01. The molecule has 0 radical (unpaired) electrons. The van der Waals surface area contributed by atoms with Crippen LogP contribution in [-0.2, 0) is 32.0 Å². The third-order valence-corrected chi connectivity index (χ3v) is 6.68. The number of pyridine rings is 1. The first kappa shape index (κ1) is 23.8. The number of para-hydroxylation sites is 2. The van der Waals surface area contributed by atoms with Gasteiger partial charge in [0.2, 0.25) is 5.88 Å². The highest BCUT2D eigenvalue weighted by Gasteiger charge is 2.56. The molecule has 1 aromatic heterocycles. The Bertz CT molecular complexity index is 1220. The monoisotopic (exact) mass is 488 g/mol. The van der Waals surface area contributed by atoms with Gasteiger partial charge in [-0.05, 0) is 55.0 Å². The number of hydrogen-bond donors (Lipinski definition) is 0. The average Bonchev–Trinajstić information content (AvgIpc) is 3.18. The Morgan fingerprint density at radius 1 is 0.972 bits per heavy atom. The Balaban J connectivity index is 1.30. The van der Waals surface area contributed by atoms with E-state index in [1.807, 2.05) is 65.6 Å². The maximum absolute atomic E-state index is 12.1. The van der Waals surface area contributed by atoms with Crippen molar-refractivity contribution in [2.75, 3.05) is 13.7 Å². The molecule has 0 bridgehead atoms. The standard InChI is InChI=1S/C28H28N2O6/c1-33-25-22(9-7-16-29-25)19-30-17-15-20(18-28(30)35-26(31)27(32)36-28)13-14-21-8-5-6-12-24(21)34-23-10-3-2-4-11-23/h2-12,16,20H,13-15,17-19H2,1H3. The van der Waals surface area contributed by atoms with E-state index in [9.17, 15) is 9.59 Å². The van der Waals surface area contributed by atoms with Crippen LogP contribution in [0.1, 0.15) is 30.4 Å². The van der Waals surface area contributed by atoms with Crippen LogP contribution in [0.5, 0.6) is 17.4 Å². The van der Waals surface area contributed by atoms with E-state index in [0.717, 1.165) is 41.9 Å². The first-order valence-corrected chi connectivity index (χ1v) is 12.1. The van der Waals surface area contributed by atoms with Crippen molar-refractivity contribution in [2.24, 2.45) is 5.92 Å². The van der Waals surface area contributed by atoms with Crippen molar-refractivity contribution in [3.8, 4) is 17.4 Å². The van der Waals surface area contributed by atoms with Crippen molar-refractivity contribution in [3.05, 3.63) is 84.1 Å². The van der Waals surface area contributed by atoms with Crippen molar-refractivity contribution in [2.45, 2.75) is 38.1 Å². The highest BCUT2D eigenvalue weighted by atomic mass is 16.8. The van der Waals surface area contributed by atoms with Crippen LogP contribution in [0.25, 0.3) is 0 Å². The fraction of sp³-hybridized carbons (Fsp3) is 0.321. The lowest BCUT2D eigenvalue weighted by Gasteiger charge is -2.43. The smallest absolute Gasteiger partial charge is 0.421 e. The number of carbonyl (C=O) groups is 2. The summed E-state index contributed by atoms with van der Waals surface area (Å²) in [6, 6.07) is 21.4. The predicted molar refractivity (Wildman–Crippen MR) is 130 cm³/mol. The van der Waals surface area contributed by atoms with Crippen molar-refractivity contribution >= 4 is 11.9 Å². The maximum atomic E-state index is 12.1. The number of hydrogen-bond acceptors (Lipinski definition) is 8. The van der Waals surface area contributed by atoms with E-state index in [-0.39, 0.29) is 5.92 Å². The Morgan fingerprint density at radius 2 is 1.69 bits per heavy atom.